The van der Waals surface area contributed by atoms with Gasteiger partial charge in [-0.25, -0.2) is 18.7 Å². The lowest BCUT2D eigenvalue weighted by Crippen LogP contribution is -2.35. The number of carboxylic acid groups (broad SMARTS) is 1. The highest BCUT2D eigenvalue weighted by molar-refractivity contribution is 7.14. The summed E-state index contributed by atoms with van der Waals surface area (Å²) in [6, 6.07) is 14.6. The molecule has 2 aromatic carbocycles. The summed E-state index contributed by atoms with van der Waals surface area (Å²) in [5.41, 5.74) is 2.39. The van der Waals surface area contributed by atoms with E-state index in [-0.39, 0.29) is 12.8 Å². The van der Waals surface area contributed by atoms with E-state index in [4.69, 9.17) is 4.74 Å². The van der Waals surface area contributed by atoms with Crippen LogP contribution < -0.4 is 9.64 Å². The van der Waals surface area contributed by atoms with Crippen LogP contribution in [0.25, 0.3) is 22.4 Å². The van der Waals surface area contributed by atoms with E-state index in [0.717, 1.165) is 29.0 Å². The van der Waals surface area contributed by atoms with Crippen molar-refractivity contribution in [2.24, 2.45) is 5.92 Å². The maximum absolute atomic E-state index is 14.3. The molecule has 7 nitrogen and oxygen atoms in total. The van der Waals surface area contributed by atoms with Crippen molar-refractivity contribution >= 4 is 28.3 Å². The summed E-state index contributed by atoms with van der Waals surface area (Å²) in [7, 11) is 2.99. The Morgan fingerprint density at radius 3 is 2.41 bits per heavy atom. The first-order valence-electron chi connectivity index (χ1n) is 11.3. The largest absolute Gasteiger partial charge is 0.481 e. The number of carbonyl (C=O) groups is 2. The van der Waals surface area contributed by atoms with Crippen LogP contribution in [0.2, 0.25) is 0 Å². The molecule has 0 aliphatic rings. The molecule has 37 heavy (non-hydrogen) atoms. The van der Waals surface area contributed by atoms with Gasteiger partial charge < -0.3 is 9.84 Å². The highest BCUT2D eigenvalue weighted by Gasteiger charge is 2.28. The lowest BCUT2D eigenvalue weighted by Gasteiger charge is -2.21. The minimum atomic E-state index is -1.08. The lowest BCUT2D eigenvalue weighted by molar-refractivity contribution is -0.140. The van der Waals surface area contributed by atoms with Crippen LogP contribution in [0.1, 0.15) is 12.0 Å². The van der Waals surface area contributed by atoms with Crippen molar-refractivity contribution in [3.63, 3.8) is 0 Å². The topological polar surface area (TPSA) is 92.6 Å². The van der Waals surface area contributed by atoms with Gasteiger partial charge in [0.05, 0.1) is 25.1 Å². The van der Waals surface area contributed by atoms with Gasteiger partial charge in [0.15, 0.2) is 16.8 Å². The summed E-state index contributed by atoms with van der Waals surface area (Å²) >= 11 is 1.14. The van der Waals surface area contributed by atoms with E-state index in [9.17, 15) is 23.5 Å². The molecule has 0 saturated heterocycles. The van der Waals surface area contributed by atoms with Gasteiger partial charge in [-0.3, -0.25) is 14.5 Å². The molecular weight excluding hydrogens is 500 g/mol. The van der Waals surface area contributed by atoms with Gasteiger partial charge in [-0.05, 0) is 35.7 Å². The number of halogens is 2. The Balaban J connectivity index is 1.65. The van der Waals surface area contributed by atoms with E-state index in [1.54, 1.807) is 17.5 Å². The van der Waals surface area contributed by atoms with Crippen LogP contribution in [0, 0.1) is 17.6 Å². The van der Waals surface area contributed by atoms with Crippen molar-refractivity contribution in [3.05, 3.63) is 83.4 Å². The van der Waals surface area contributed by atoms with Crippen LogP contribution in [0.5, 0.6) is 5.88 Å². The number of methoxy groups -OCH3 is 1. The van der Waals surface area contributed by atoms with E-state index in [2.05, 4.69) is 9.97 Å². The number of aromatic nitrogens is 2. The van der Waals surface area contributed by atoms with E-state index in [1.807, 2.05) is 30.3 Å². The van der Waals surface area contributed by atoms with Gasteiger partial charge in [-0.2, -0.15) is 0 Å². The molecule has 1 atom stereocenters. The summed E-state index contributed by atoms with van der Waals surface area (Å²) < 4.78 is 33.5. The van der Waals surface area contributed by atoms with Crippen molar-refractivity contribution in [3.8, 4) is 28.3 Å². The average molecular weight is 524 g/mol. The van der Waals surface area contributed by atoms with Crippen molar-refractivity contribution in [1.82, 2.24) is 9.97 Å². The summed E-state index contributed by atoms with van der Waals surface area (Å²) in [5.74, 6) is -3.98. The first-order chi connectivity index (χ1) is 17.8. The fraction of sp³-hybridized carbons (Fsp3) is 0.185. The molecule has 2 aromatic heterocycles. The van der Waals surface area contributed by atoms with Crippen molar-refractivity contribution in [2.75, 3.05) is 19.1 Å². The number of pyridine rings is 1. The van der Waals surface area contributed by atoms with Crippen LogP contribution in [-0.4, -0.2) is 41.1 Å². The summed E-state index contributed by atoms with van der Waals surface area (Å²) in [6.45, 7) is 0. The number of benzene rings is 2. The molecule has 10 heteroatoms. The van der Waals surface area contributed by atoms with Gasteiger partial charge in [0.2, 0.25) is 11.8 Å². The van der Waals surface area contributed by atoms with Crippen molar-refractivity contribution < 1.29 is 28.2 Å². The third-order valence-corrected chi connectivity index (χ3v) is 6.71. The van der Waals surface area contributed by atoms with E-state index >= 15 is 0 Å². The molecule has 1 unspecified atom stereocenters. The quantitative estimate of drug-likeness (QED) is 0.313. The zero-order valence-electron chi connectivity index (χ0n) is 20.0. The second-order valence-corrected chi connectivity index (χ2v) is 9.13. The smallest absolute Gasteiger partial charge is 0.304 e. The van der Waals surface area contributed by atoms with Gasteiger partial charge in [-0.1, -0.05) is 30.3 Å². The number of aliphatic carboxylic acids is 1. The second-order valence-electron chi connectivity index (χ2n) is 8.30. The maximum atomic E-state index is 14.3. The standard InChI is InChI=1S/C27H23F2N3O4S/c1-32(26(35)18(11-25(33)34)10-16-6-4-3-5-7-16)27-31-23(15-37-27)20-13-22(29)21(28)12-19(20)17-8-9-24(36-2)30-14-17/h3-9,12-15,18H,10-11H2,1-2H3,(H,33,34). The molecule has 0 aliphatic heterocycles. The third-order valence-electron chi connectivity index (χ3n) is 5.80. The number of carbonyl (C=O) groups excluding carboxylic acids is 1. The molecule has 0 radical (unpaired) electrons. The minimum absolute atomic E-state index is 0.256. The molecule has 0 spiro atoms. The molecule has 0 fully saturated rings. The monoisotopic (exact) mass is 523 g/mol. The molecule has 0 aliphatic carbocycles. The van der Waals surface area contributed by atoms with Crippen LogP contribution in [0.3, 0.4) is 0 Å². The average Bonchev–Trinajstić information content (AvgIpc) is 3.39. The zero-order valence-corrected chi connectivity index (χ0v) is 20.8. The van der Waals surface area contributed by atoms with E-state index in [1.165, 1.54) is 25.3 Å². The van der Waals surface area contributed by atoms with Gasteiger partial charge in [0.25, 0.3) is 0 Å². The predicted octanol–water partition coefficient (Wildman–Crippen LogP) is 5.46. The first kappa shape index (κ1) is 25.9. The Morgan fingerprint density at radius 2 is 1.78 bits per heavy atom. The number of hydrogen-bond acceptors (Lipinski definition) is 6. The molecule has 0 saturated carbocycles. The Morgan fingerprint density at radius 1 is 1.08 bits per heavy atom. The highest BCUT2D eigenvalue weighted by Crippen LogP contribution is 2.36. The molecule has 0 bridgehead atoms. The van der Waals surface area contributed by atoms with Gasteiger partial charge in [0, 0.05) is 35.8 Å². The molecule has 190 valence electrons. The number of thiazole rings is 1. The normalized spacial score (nSPS) is 11.7. The fourth-order valence-corrected chi connectivity index (χ4v) is 4.72. The van der Waals surface area contributed by atoms with Gasteiger partial charge >= 0.3 is 5.97 Å². The molecule has 4 aromatic rings. The number of carboxylic acids is 1. The second kappa shape index (κ2) is 11.3. The lowest BCUT2D eigenvalue weighted by atomic mass is 9.95. The molecular formula is C27H23F2N3O4S. The number of hydrogen-bond donors (Lipinski definition) is 1. The Hall–Kier alpha value is -4.18. The highest BCUT2D eigenvalue weighted by atomic mass is 32.1. The van der Waals surface area contributed by atoms with Crippen LogP contribution in [0.15, 0.2) is 66.2 Å². The molecule has 4 rings (SSSR count). The van der Waals surface area contributed by atoms with Crippen molar-refractivity contribution in [1.29, 1.82) is 0 Å². The number of anilines is 1. The van der Waals surface area contributed by atoms with Gasteiger partial charge in [-0.15, -0.1) is 11.3 Å². The number of rotatable bonds is 9. The Labute approximate surface area is 216 Å². The third kappa shape index (κ3) is 5.97. The zero-order chi connectivity index (χ0) is 26.5. The summed E-state index contributed by atoms with van der Waals surface area (Å²) in [6.07, 6.45) is 1.40. The molecule has 1 N–H and O–H groups in total. The minimum Gasteiger partial charge on any atom is -0.481 e. The van der Waals surface area contributed by atoms with E-state index in [0.29, 0.717) is 33.4 Å². The van der Waals surface area contributed by atoms with Gasteiger partial charge in [0.1, 0.15) is 0 Å². The van der Waals surface area contributed by atoms with E-state index < -0.39 is 29.4 Å². The summed E-state index contributed by atoms with van der Waals surface area (Å²) in [5, 5.41) is 11.3. The SMILES string of the molecule is COc1ccc(-c2cc(F)c(F)cc2-c2csc(N(C)C(=O)C(CC(=O)O)Cc3ccccc3)n2)cn1. The van der Waals surface area contributed by atoms with Crippen LogP contribution in [-0.2, 0) is 16.0 Å². The Kier molecular flexibility index (Phi) is 7.88. The molecule has 1 amide bonds. The number of ether oxygens (including phenoxy) is 1. The summed E-state index contributed by atoms with van der Waals surface area (Å²) in [4.78, 5) is 34.7. The van der Waals surface area contributed by atoms with Crippen LogP contribution in [0.4, 0.5) is 13.9 Å². The number of amides is 1. The van der Waals surface area contributed by atoms with Crippen LogP contribution >= 0.6 is 11.3 Å². The number of nitrogens with zero attached hydrogens (tertiary/aromatic N) is 3. The Bertz CT molecular complexity index is 1410. The maximum Gasteiger partial charge on any atom is 0.304 e. The predicted molar refractivity (Wildman–Crippen MR) is 137 cm³/mol. The fourth-order valence-electron chi connectivity index (χ4n) is 3.92. The molecule has 2 heterocycles. The van der Waals surface area contributed by atoms with Crippen molar-refractivity contribution in [2.45, 2.75) is 12.8 Å². The first-order valence-corrected chi connectivity index (χ1v) is 12.1.